The molecule has 1 aliphatic carbocycles. The van der Waals surface area contributed by atoms with Crippen LogP contribution in [0.15, 0.2) is 66.7 Å². The molecule has 0 bridgehead atoms. The van der Waals surface area contributed by atoms with Crippen LogP contribution < -0.4 is 0 Å². The van der Waals surface area contributed by atoms with E-state index < -0.39 is 0 Å². The number of phenolic OH excluding ortho intramolecular Hbond substituents is 2. The Hall–Kier alpha value is -2.74. The molecular weight excluding hydrogens is 272 g/mol. The van der Waals surface area contributed by atoms with Crippen molar-refractivity contribution in [1.82, 2.24) is 0 Å². The summed E-state index contributed by atoms with van der Waals surface area (Å²) < 4.78 is 0. The van der Waals surface area contributed by atoms with E-state index in [1.165, 1.54) is 0 Å². The van der Waals surface area contributed by atoms with Crippen molar-refractivity contribution in [2.45, 2.75) is 12.3 Å². The molecular formula is C20H16O2. The zero-order valence-corrected chi connectivity index (χ0v) is 12.0. The summed E-state index contributed by atoms with van der Waals surface area (Å²) in [5.74, 6) is 0.635. The van der Waals surface area contributed by atoms with Crippen LogP contribution in [0.5, 0.6) is 11.5 Å². The van der Waals surface area contributed by atoms with Crippen LogP contribution >= 0.6 is 0 Å². The summed E-state index contributed by atoms with van der Waals surface area (Å²) >= 11 is 0. The van der Waals surface area contributed by atoms with E-state index in [1.54, 1.807) is 12.1 Å². The minimum Gasteiger partial charge on any atom is -0.508 e. The minimum absolute atomic E-state index is 0.00968. The SMILES string of the molecule is Oc1cccc2c1C(c1ccc(O)c3ccccc13)C=CC2. The lowest BCUT2D eigenvalue weighted by molar-refractivity contribution is 0.466. The van der Waals surface area contributed by atoms with Crippen LogP contribution in [-0.4, -0.2) is 10.2 Å². The van der Waals surface area contributed by atoms with Crippen LogP contribution in [0.2, 0.25) is 0 Å². The Morgan fingerprint density at radius 3 is 2.45 bits per heavy atom. The lowest BCUT2D eigenvalue weighted by Crippen LogP contribution is -2.07. The van der Waals surface area contributed by atoms with E-state index in [9.17, 15) is 10.2 Å². The Labute approximate surface area is 129 Å². The van der Waals surface area contributed by atoms with Crippen LogP contribution in [0, 0.1) is 0 Å². The number of rotatable bonds is 1. The van der Waals surface area contributed by atoms with E-state index in [-0.39, 0.29) is 11.7 Å². The molecule has 108 valence electrons. The van der Waals surface area contributed by atoms with Gasteiger partial charge in [0.1, 0.15) is 11.5 Å². The van der Waals surface area contributed by atoms with Gasteiger partial charge in [-0.25, -0.2) is 0 Å². The summed E-state index contributed by atoms with van der Waals surface area (Å²) in [6.45, 7) is 0. The maximum Gasteiger partial charge on any atom is 0.123 e. The zero-order chi connectivity index (χ0) is 15.1. The molecule has 3 aromatic carbocycles. The van der Waals surface area contributed by atoms with Crippen molar-refractivity contribution in [3.05, 3.63) is 83.4 Å². The second-order valence-corrected chi connectivity index (χ2v) is 5.68. The van der Waals surface area contributed by atoms with Crippen LogP contribution in [-0.2, 0) is 6.42 Å². The van der Waals surface area contributed by atoms with Gasteiger partial charge in [-0.05, 0) is 35.1 Å². The first-order valence-corrected chi connectivity index (χ1v) is 7.44. The summed E-state index contributed by atoms with van der Waals surface area (Å²) in [6.07, 6.45) is 5.13. The maximum atomic E-state index is 10.3. The first-order chi connectivity index (χ1) is 10.8. The molecule has 2 nitrogen and oxygen atoms in total. The van der Waals surface area contributed by atoms with Crippen molar-refractivity contribution in [3.8, 4) is 11.5 Å². The van der Waals surface area contributed by atoms with E-state index in [4.69, 9.17) is 0 Å². The van der Waals surface area contributed by atoms with Gasteiger partial charge in [0.2, 0.25) is 0 Å². The van der Waals surface area contributed by atoms with Gasteiger partial charge in [0.25, 0.3) is 0 Å². The molecule has 22 heavy (non-hydrogen) atoms. The standard InChI is InChI=1S/C20H16O2/c21-18-12-11-15(14-7-1-2-8-16(14)18)17-9-3-5-13-6-4-10-19(22)20(13)17/h1-4,6-12,17,21-22H,5H2. The molecule has 0 saturated heterocycles. The quantitative estimate of drug-likeness (QED) is 0.647. The van der Waals surface area contributed by atoms with E-state index in [0.717, 1.165) is 33.9 Å². The molecule has 0 heterocycles. The molecule has 0 aliphatic heterocycles. The van der Waals surface area contributed by atoms with Crippen molar-refractivity contribution in [2.24, 2.45) is 0 Å². The molecule has 1 unspecified atom stereocenters. The Bertz CT molecular complexity index is 893. The highest BCUT2D eigenvalue weighted by atomic mass is 16.3. The molecule has 0 saturated carbocycles. The number of benzene rings is 3. The van der Waals surface area contributed by atoms with E-state index in [2.05, 4.69) is 18.2 Å². The Kier molecular flexibility index (Phi) is 2.90. The molecule has 0 aromatic heterocycles. The fourth-order valence-electron chi connectivity index (χ4n) is 3.40. The van der Waals surface area contributed by atoms with Gasteiger partial charge in [-0.2, -0.15) is 0 Å². The number of allylic oxidation sites excluding steroid dienone is 2. The molecule has 1 atom stereocenters. The second kappa shape index (κ2) is 4.92. The van der Waals surface area contributed by atoms with Gasteiger partial charge in [0.15, 0.2) is 0 Å². The summed E-state index contributed by atoms with van der Waals surface area (Å²) in [5.41, 5.74) is 3.23. The highest BCUT2D eigenvalue weighted by Crippen LogP contribution is 2.41. The van der Waals surface area contributed by atoms with Crippen LogP contribution in [0.25, 0.3) is 10.8 Å². The molecule has 3 aromatic rings. The highest BCUT2D eigenvalue weighted by molar-refractivity contribution is 5.92. The third kappa shape index (κ3) is 1.88. The van der Waals surface area contributed by atoms with Gasteiger partial charge in [-0.15, -0.1) is 0 Å². The minimum atomic E-state index is 0.00968. The molecule has 2 N–H and O–H groups in total. The van der Waals surface area contributed by atoms with Crippen molar-refractivity contribution < 1.29 is 10.2 Å². The average Bonchev–Trinajstić information content (AvgIpc) is 2.55. The predicted octanol–water partition coefficient (Wildman–Crippen LogP) is 4.50. The van der Waals surface area contributed by atoms with Crippen molar-refractivity contribution >= 4 is 10.8 Å². The highest BCUT2D eigenvalue weighted by Gasteiger charge is 2.23. The van der Waals surface area contributed by atoms with Crippen molar-refractivity contribution in [1.29, 1.82) is 0 Å². The van der Waals surface area contributed by atoms with Gasteiger partial charge in [0.05, 0.1) is 0 Å². The maximum absolute atomic E-state index is 10.3. The Balaban J connectivity index is 2.00. The third-order valence-corrected chi connectivity index (χ3v) is 4.42. The summed E-state index contributed by atoms with van der Waals surface area (Å²) in [6, 6.07) is 17.2. The Morgan fingerprint density at radius 2 is 1.59 bits per heavy atom. The third-order valence-electron chi connectivity index (χ3n) is 4.42. The topological polar surface area (TPSA) is 40.5 Å². The monoisotopic (exact) mass is 288 g/mol. The van der Waals surface area contributed by atoms with Crippen LogP contribution in [0.3, 0.4) is 0 Å². The normalized spacial score (nSPS) is 16.6. The molecule has 4 rings (SSSR count). The smallest absolute Gasteiger partial charge is 0.123 e. The average molecular weight is 288 g/mol. The van der Waals surface area contributed by atoms with Gasteiger partial charge in [-0.1, -0.05) is 54.6 Å². The van der Waals surface area contributed by atoms with Gasteiger partial charge in [0, 0.05) is 16.9 Å². The molecule has 0 fully saturated rings. The van der Waals surface area contributed by atoms with E-state index >= 15 is 0 Å². The molecule has 0 amide bonds. The summed E-state index contributed by atoms with van der Waals surface area (Å²) in [4.78, 5) is 0. The fourth-order valence-corrected chi connectivity index (χ4v) is 3.40. The van der Waals surface area contributed by atoms with Crippen molar-refractivity contribution in [3.63, 3.8) is 0 Å². The van der Waals surface area contributed by atoms with Crippen LogP contribution in [0.4, 0.5) is 0 Å². The lowest BCUT2D eigenvalue weighted by Gasteiger charge is -2.24. The molecule has 2 heteroatoms. The number of hydrogen-bond donors (Lipinski definition) is 2. The van der Waals surface area contributed by atoms with Gasteiger partial charge < -0.3 is 10.2 Å². The predicted molar refractivity (Wildman–Crippen MR) is 88.4 cm³/mol. The van der Waals surface area contributed by atoms with Crippen LogP contribution in [0.1, 0.15) is 22.6 Å². The molecule has 1 aliphatic rings. The van der Waals surface area contributed by atoms with Crippen molar-refractivity contribution in [2.75, 3.05) is 0 Å². The zero-order valence-electron chi connectivity index (χ0n) is 12.0. The number of aromatic hydroxyl groups is 2. The van der Waals surface area contributed by atoms with Gasteiger partial charge in [-0.3, -0.25) is 0 Å². The summed E-state index contributed by atoms with van der Waals surface area (Å²) in [7, 11) is 0. The number of phenols is 2. The molecule has 0 radical (unpaired) electrons. The van der Waals surface area contributed by atoms with Gasteiger partial charge >= 0.3 is 0 Å². The first kappa shape index (κ1) is 13.0. The molecule has 0 spiro atoms. The van der Waals surface area contributed by atoms with E-state index in [1.807, 2.05) is 36.4 Å². The number of fused-ring (bicyclic) bond motifs is 2. The first-order valence-electron chi connectivity index (χ1n) is 7.44. The van der Waals surface area contributed by atoms with E-state index in [0.29, 0.717) is 5.75 Å². The lowest BCUT2D eigenvalue weighted by atomic mass is 9.81. The Morgan fingerprint density at radius 1 is 0.773 bits per heavy atom. The second-order valence-electron chi connectivity index (χ2n) is 5.68. The fraction of sp³-hybridized carbons (Fsp3) is 0.100. The number of hydrogen-bond acceptors (Lipinski definition) is 2. The largest absolute Gasteiger partial charge is 0.508 e. The summed E-state index contributed by atoms with van der Waals surface area (Å²) in [5, 5.41) is 22.3.